The average molecular weight is 281 g/mol. The molecule has 0 aliphatic carbocycles. The lowest BCUT2D eigenvalue weighted by atomic mass is 10.1. The lowest BCUT2D eigenvalue weighted by Gasteiger charge is -2.01. The highest BCUT2D eigenvalue weighted by atomic mass is 32.2. The number of hydrogen-bond donors (Lipinski definition) is 0. The van der Waals surface area contributed by atoms with Crippen LogP contribution in [-0.4, -0.2) is 10.8 Å². The van der Waals surface area contributed by atoms with Crippen LogP contribution in [0.2, 0.25) is 0 Å². The van der Waals surface area contributed by atoms with Gasteiger partial charge in [-0.05, 0) is 44.0 Å². The van der Waals surface area contributed by atoms with Crippen LogP contribution in [0.25, 0.3) is 6.08 Å². The van der Waals surface area contributed by atoms with Gasteiger partial charge in [0.1, 0.15) is 5.03 Å². The Hall–Kier alpha value is -1.87. The van der Waals surface area contributed by atoms with E-state index in [0.29, 0.717) is 0 Å². The first-order valence-corrected chi connectivity index (χ1v) is 7.35. The lowest BCUT2D eigenvalue weighted by molar-refractivity contribution is 0.104. The maximum Gasteiger partial charge on any atom is 0.202 e. The number of hydrogen-bond acceptors (Lipinski definition) is 3. The third-order valence-electron chi connectivity index (χ3n) is 3.34. The highest BCUT2D eigenvalue weighted by molar-refractivity contribution is 8.04. The zero-order chi connectivity index (χ0) is 14.3. The SMILES string of the molecule is Cc1ccc(/C=C2/Sc3nc(C)cc(C)c3C2=O)cc1. The molecular formula is C17H15NOS. The number of ketones is 1. The Balaban J connectivity index is 2.01. The number of allylic oxidation sites excluding steroid dienone is 1. The number of rotatable bonds is 1. The van der Waals surface area contributed by atoms with Crippen LogP contribution in [0.1, 0.15) is 32.7 Å². The standard InChI is InChI=1S/C17H15NOS/c1-10-4-6-13(7-5-10)9-14-16(19)15-11(2)8-12(3)18-17(15)20-14/h4-9H,1-3H3/b14-9+. The van der Waals surface area contributed by atoms with Gasteiger partial charge in [0.2, 0.25) is 5.78 Å². The largest absolute Gasteiger partial charge is 0.288 e. The maximum atomic E-state index is 12.5. The van der Waals surface area contributed by atoms with E-state index in [-0.39, 0.29) is 5.78 Å². The fourth-order valence-corrected chi connectivity index (χ4v) is 3.48. The molecular weight excluding hydrogens is 266 g/mol. The summed E-state index contributed by atoms with van der Waals surface area (Å²) in [6, 6.07) is 10.1. The molecule has 0 amide bonds. The van der Waals surface area contributed by atoms with E-state index >= 15 is 0 Å². The van der Waals surface area contributed by atoms with Crippen LogP contribution in [0.15, 0.2) is 40.3 Å². The molecule has 0 N–H and O–H groups in total. The van der Waals surface area contributed by atoms with Gasteiger partial charge >= 0.3 is 0 Å². The second-order valence-corrected chi connectivity index (χ2v) is 6.14. The van der Waals surface area contributed by atoms with Crippen LogP contribution >= 0.6 is 11.8 Å². The van der Waals surface area contributed by atoms with Crippen molar-refractivity contribution in [1.29, 1.82) is 0 Å². The number of aryl methyl sites for hydroxylation is 3. The molecule has 3 rings (SSSR count). The zero-order valence-corrected chi connectivity index (χ0v) is 12.5. The van der Waals surface area contributed by atoms with Gasteiger partial charge in [0.25, 0.3) is 0 Å². The summed E-state index contributed by atoms with van der Waals surface area (Å²) >= 11 is 1.47. The molecule has 0 bridgehead atoms. The molecule has 1 aliphatic rings. The van der Waals surface area contributed by atoms with Gasteiger partial charge < -0.3 is 0 Å². The molecule has 0 fully saturated rings. The quantitative estimate of drug-likeness (QED) is 0.728. The maximum absolute atomic E-state index is 12.5. The highest BCUT2D eigenvalue weighted by Crippen LogP contribution is 2.41. The fraction of sp³-hybridized carbons (Fsp3) is 0.176. The molecule has 3 heteroatoms. The molecule has 2 aromatic rings. The van der Waals surface area contributed by atoms with Gasteiger partial charge in [-0.1, -0.05) is 41.6 Å². The Morgan fingerprint density at radius 2 is 1.80 bits per heavy atom. The van der Waals surface area contributed by atoms with E-state index in [1.807, 2.05) is 38.1 Å². The van der Waals surface area contributed by atoms with Crippen molar-refractivity contribution in [3.05, 3.63) is 63.2 Å². The molecule has 0 atom stereocenters. The Kier molecular flexibility index (Phi) is 3.22. The third kappa shape index (κ3) is 2.29. The van der Waals surface area contributed by atoms with E-state index in [1.54, 1.807) is 0 Å². The second kappa shape index (κ2) is 4.91. The topological polar surface area (TPSA) is 30.0 Å². The highest BCUT2D eigenvalue weighted by Gasteiger charge is 2.29. The third-order valence-corrected chi connectivity index (χ3v) is 4.36. The Morgan fingerprint density at radius 1 is 1.10 bits per heavy atom. The lowest BCUT2D eigenvalue weighted by Crippen LogP contribution is -1.99. The van der Waals surface area contributed by atoms with Crippen molar-refractivity contribution in [2.45, 2.75) is 25.8 Å². The van der Waals surface area contributed by atoms with Gasteiger partial charge in [0.05, 0.1) is 10.5 Å². The van der Waals surface area contributed by atoms with E-state index in [9.17, 15) is 4.79 Å². The Bertz CT molecular complexity index is 729. The summed E-state index contributed by atoms with van der Waals surface area (Å²) in [4.78, 5) is 17.7. The van der Waals surface area contributed by atoms with Gasteiger partial charge in [-0.3, -0.25) is 4.79 Å². The minimum Gasteiger partial charge on any atom is -0.288 e. The molecule has 1 aromatic heterocycles. The van der Waals surface area contributed by atoms with Crippen LogP contribution in [0.3, 0.4) is 0 Å². The van der Waals surface area contributed by atoms with E-state index in [0.717, 1.165) is 32.3 Å². The first-order chi connectivity index (χ1) is 9.54. The van der Waals surface area contributed by atoms with Crippen molar-refractivity contribution in [1.82, 2.24) is 4.98 Å². The van der Waals surface area contributed by atoms with Crippen molar-refractivity contribution in [2.24, 2.45) is 0 Å². The number of carbonyl (C=O) groups excluding carboxylic acids is 1. The molecule has 2 nitrogen and oxygen atoms in total. The van der Waals surface area contributed by atoms with E-state index in [1.165, 1.54) is 17.3 Å². The predicted molar refractivity (Wildman–Crippen MR) is 83.1 cm³/mol. The smallest absolute Gasteiger partial charge is 0.202 e. The molecule has 0 saturated heterocycles. The average Bonchev–Trinajstić information content (AvgIpc) is 2.69. The molecule has 100 valence electrons. The van der Waals surface area contributed by atoms with Crippen molar-refractivity contribution in [3.63, 3.8) is 0 Å². The number of nitrogens with zero attached hydrogens (tertiary/aromatic N) is 1. The van der Waals surface area contributed by atoms with Crippen molar-refractivity contribution in [3.8, 4) is 0 Å². The normalized spacial score (nSPS) is 15.8. The fourth-order valence-electron chi connectivity index (χ4n) is 2.34. The Morgan fingerprint density at radius 3 is 2.50 bits per heavy atom. The summed E-state index contributed by atoms with van der Waals surface area (Å²) in [5, 5.41) is 0.839. The molecule has 0 radical (unpaired) electrons. The summed E-state index contributed by atoms with van der Waals surface area (Å²) in [6.45, 7) is 5.99. The monoisotopic (exact) mass is 281 g/mol. The van der Waals surface area contributed by atoms with Crippen LogP contribution in [0, 0.1) is 20.8 Å². The molecule has 0 saturated carbocycles. The van der Waals surface area contributed by atoms with Crippen LogP contribution in [0.5, 0.6) is 0 Å². The van der Waals surface area contributed by atoms with Crippen molar-refractivity contribution < 1.29 is 4.79 Å². The minimum absolute atomic E-state index is 0.0931. The molecule has 1 aromatic carbocycles. The van der Waals surface area contributed by atoms with Gasteiger partial charge in [0.15, 0.2) is 0 Å². The number of Topliss-reactive ketones (excluding diaryl/α,β-unsaturated/α-hetero) is 1. The summed E-state index contributed by atoms with van der Waals surface area (Å²) in [5.41, 5.74) is 5.00. The van der Waals surface area contributed by atoms with E-state index < -0.39 is 0 Å². The number of benzene rings is 1. The first-order valence-electron chi connectivity index (χ1n) is 6.54. The van der Waals surface area contributed by atoms with E-state index in [4.69, 9.17) is 0 Å². The summed E-state index contributed by atoms with van der Waals surface area (Å²) in [7, 11) is 0. The number of fused-ring (bicyclic) bond motifs is 1. The minimum atomic E-state index is 0.0931. The van der Waals surface area contributed by atoms with Gasteiger partial charge in [-0.25, -0.2) is 4.98 Å². The van der Waals surface area contributed by atoms with Crippen LogP contribution in [0.4, 0.5) is 0 Å². The number of pyridine rings is 1. The molecule has 0 unspecified atom stereocenters. The van der Waals surface area contributed by atoms with E-state index in [2.05, 4.69) is 24.0 Å². The molecule has 20 heavy (non-hydrogen) atoms. The van der Waals surface area contributed by atoms with Crippen molar-refractivity contribution in [2.75, 3.05) is 0 Å². The number of carbonyl (C=O) groups is 1. The predicted octanol–water partition coefficient (Wildman–Crippen LogP) is 4.34. The molecule has 0 spiro atoms. The molecule has 1 aliphatic heterocycles. The second-order valence-electron chi connectivity index (χ2n) is 5.11. The zero-order valence-electron chi connectivity index (χ0n) is 11.7. The van der Waals surface area contributed by atoms with Crippen molar-refractivity contribution >= 4 is 23.6 Å². The first kappa shape index (κ1) is 13.1. The van der Waals surface area contributed by atoms with Crippen LogP contribution < -0.4 is 0 Å². The summed E-state index contributed by atoms with van der Waals surface area (Å²) in [6.07, 6.45) is 1.95. The number of aromatic nitrogens is 1. The van der Waals surface area contributed by atoms with Gasteiger partial charge in [-0.15, -0.1) is 0 Å². The summed E-state index contributed by atoms with van der Waals surface area (Å²) < 4.78 is 0. The molecule has 2 heterocycles. The van der Waals surface area contributed by atoms with Gasteiger partial charge in [0, 0.05) is 5.69 Å². The number of thioether (sulfide) groups is 1. The van der Waals surface area contributed by atoms with Crippen LogP contribution in [-0.2, 0) is 0 Å². The van der Waals surface area contributed by atoms with Gasteiger partial charge in [-0.2, -0.15) is 0 Å². The summed E-state index contributed by atoms with van der Waals surface area (Å²) in [5.74, 6) is 0.0931. The Labute approximate surface area is 122 Å².